The number of carbonyl (C=O) groups is 1. The summed E-state index contributed by atoms with van der Waals surface area (Å²) in [7, 11) is 0. The van der Waals surface area contributed by atoms with Crippen molar-refractivity contribution in [2.24, 2.45) is 5.41 Å². The first-order valence-corrected chi connectivity index (χ1v) is 6.09. The minimum Gasteiger partial charge on any atom is -0.339 e. The number of amides is 1. The van der Waals surface area contributed by atoms with Crippen LogP contribution in [0.5, 0.6) is 0 Å². The van der Waals surface area contributed by atoms with Gasteiger partial charge in [0.2, 0.25) is 5.91 Å². The lowest BCUT2D eigenvalue weighted by Crippen LogP contribution is -2.44. The molecule has 90 valence electrons. The Balaban J connectivity index is 4.55. The molecule has 0 saturated heterocycles. The Morgan fingerprint density at radius 2 is 1.47 bits per heavy atom. The Kier molecular flexibility index (Phi) is 5.97. The number of nitrogens with zero attached hydrogens (tertiary/aromatic N) is 1. The van der Waals surface area contributed by atoms with E-state index < -0.39 is 0 Å². The monoisotopic (exact) mass is 253 g/mol. The number of hydrogen-bond donors (Lipinski definition) is 0. The summed E-state index contributed by atoms with van der Waals surface area (Å²) in [6.07, 6.45) is 0. The van der Waals surface area contributed by atoms with Crippen LogP contribution in [0.2, 0.25) is 0 Å². The predicted octanol–water partition coefficient (Wildman–Crippen LogP) is 3.12. The summed E-state index contributed by atoms with van der Waals surface area (Å²) < 4.78 is 0. The predicted molar refractivity (Wildman–Crippen MR) is 66.7 cm³/mol. The summed E-state index contributed by atoms with van der Waals surface area (Å²) in [5.74, 6) is 0.0995. The Morgan fingerprint density at radius 3 is 1.67 bits per heavy atom. The second kappa shape index (κ2) is 5.95. The van der Waals surface area contributed by atoms with Crippen LogP contribution in [-0.4, -0.2) is 34.7 Å². The average molecular weight is 254 g/mol. The molecule has 0 aliphatic carbocycles. The second-order valence-corrected chi connectivity index (χ2v) is 6.51. The third-order valence-corrected chi connectivity index (χ3v) is 2.15. The van der Waals surface area contributed by atoms with Crippen molar-refractivity contribution < 1.29 is 4.79 Å². The summed E-state index contributed by atoms with van der Waals surface area (Å²) in [6.45, 7) is 10.6. The van der Waals surface area contributed by atoms with Gasteiger partial charge in [-0.05, 0) is 13.8 Å². The van der Waals surface area contributed by atoms with Crippen molar-refractivity contribution in [3.8, 4) is 0 Å². The summed E-state index contributed by atoms with van der Waals surface area (Å²) in [5, 5.41) is -0.0987. The van der Waals surface area contributed by atoms with Gasteiger partial charge in [0.25, 0.3) is 0 Å². The van der Waals surface area contributed by atoms with Gasteiger partial charge in [0.1, 0.15) is 0 Å². The lowest BCUT2D eigenvalue weighted by Gasteiger charge is -2.31. The number of hydrogen-bond acceptors (Lipinski definition) is 1. The highest BCUT2D eigenvalue weighted by Gasteiger charge is 2.28. The van der Waals surface area contributed by atoms with Crippen LogP contribution in [0, 0.1) is 5.41 Å². The Morgan fingerprint density at radius 1 is 1.13 bits per heavy atom. The first-order valence-electron chi connectivity index (χ1n) is 5.22. The molecule has 1 amide bonds. The molecule has 15 heavy (non-hydrogen) atoms. The lowest BCUT2D eigenvalue weighted by atomic mass is 9.94. The Bertz CT molecular complexity index is 199. The SMILES string of the molecule is CC(Cl)CN(CC(C)Cl)C(=O)C(C)(C)C. The molecule has 0 N–H and O–H groups in total. The van der Waals surface area contributed by atoms with Gasteiger partial charge in [-0.2, -0.15) is 0 Å². The van der Waals surface area contributed by atoms with E-state index >= 15 is 0 Å². The zero-order chi connectivity index (χ0) is 12.2. The van der Waals surface area contributed by atoms with Crippen molar-refractivity contribution >= 4 is 29.1 Å². The van der Waals surface area contributed by atoms with Crippen LogP contribution in [0.25, 0.3) is 0 Å². The summed E-state index contributed by atoms with van der Waals surface area (Å²) in [6, 6.07) is 0. The van der Waals surface area contributed by atoms with Crippen LogP contribution < -0.4 is 0 Å². The molecule has 2 nitrogen and oxygen atoms in total. The number of halogens is 2. The van der Waals surface area contributed by atoms with Gasteiger partial charge in [-0.1, -0.05) is 20.8 Å². The maximum atomic E-state index is 12.0. The third kappa shape index (κ3) is 6.26. The number of alkyl halides is 2. The van der Waals surface area contributed by atoms with E-state index in [-0.39, 0.29) is 22.1 Å². The first kappa shape index (κ1) is 15.0. The van der Waals surface area contributed by atoms with Gasteiger partial charge in [-0.25, -0.2) is 0 Å². The smallest absolute Gasteiger partial charge is 0.228 e. The summed E-state index contributed by atoms with van der Waals surface area (Å²) >= 11 is 11.8. The van der Waals surface area contributed by atoms with E-state index in [2.05, 4.69) is 0 Å². The highest BCUT2D eigenvalue weighted by molar-refractivity contribution is 6.21. The van der Waals surface area contributed by atoms with Crippen molar-refractivity contribution in [1.29, 1.82) is 0 Å². The number of rotatable bonds is 4. The first-order chi connectivity index (χ1) is 6.64. The van der Waals surface area contributed by atoms with E-state index in [1.54, 1.807) is 4.90 Å². The molecule has 0 aliphatic rings. The summed E-state index contributed by atoms with van der Waals surface area (Å²) in [5.41, 5.74) is -0.377. The van der Waals surface area contributed by atoms with Gasteiger partial charge in [-0.3, -0.25) is 4.79 Å². The van der Waals surface area contributed by atoms with Gasteiger partial charge in [0, 0.05) is 29.3 Å². The van der Waals surface area contributed by atoms with E-state index in [1.807, 2.05) is 34.6 Å². The fourth-order valence-corrected chi connectivity index (χ4v) is 1.66. The molecule has 0 aliphatic heterocycles. The van der Waals surface area contributed by atoms with Crippen LogP contribution >= 0.6 is 23.2 Å². The molecule has 2 unspecified atom stereocenters. The maximum Gasteiger partial charge on any atom is 0.228 e. The molecule has 0 radical (unpaired) electrons. The average Bonchev–Trinajstić information content (AvgIpc) is 1.98. The highest BCUT2D eigenvalue weighted by atomic mass is 35.5. The molecule has 0 bridgehead atoms. The molecule has 0 spiro atoms. The standard InChI is InChI=1S/C11H21Cl2NO/c1-8(12)6-14(7-9(2)13)10(15)11(3,4)5/h8-9H,6-7H2,1-5H3. The van der Waals surface area contributed by atoms with E-state index in [9.17, 15) is 4.79 Å². The molecule has 0 aromatic carbocycles. The van der Waals surface area contributed by atoms with Gasteiger partial charge < -0.3 is 4.90 Å². The molecule has 2 atom stereocenters. The quantitative estimate of drug-likeness (QED) is 0.706. The molecule has 0 rings (SSSR count). The topological polar surface area (TPSA) is 20.3 Å². The van der Waals surface area contributed by atoms with Crippen LogP contribution in [0.15, 0.2) is 0 Å². The van der Waals surface area contributed by atoms with Crippen molar-refractivity contribution in [2.45, 2.75) is 45.4 Å². The van der Waals surface area contributed by atoms with Crippen LogP contribution in [-0.2, 0) is 4.79 Å². The molecule has 4 heteroatoms. The second-order valence-electron chi connectivity index (χ2n) is 5.02. The molecule has 0 saturated carbocycles. The molecule has 0 heterocycles. The van der Waals surface area contributed by atoms with E-state index in [4.69, 9.17) is 23.2 Å². The molecular formula is C11H21Cl2NO. The van der Waals surface area contributed by atoms with Crippen LogP contribution in [0.1, 0.15) is 34.6 Å². The van der Waals surface area contributed by atoms with Crippen LogP contribution in [0.4, 0.5) is 0 Å². The fraction of sp³-hybridized carbons (Fsp3) is 0.909. The third-order valence-electron chi connectivity index (χ3n) is 1.87. The van der Waals surface area contributed by atoms with Gasteiger partial charge in [0.15, 0.2) is 0 Å². The molecule has 0 aromatic heterocycles. The van der Waals surface area contributed by atoms with E-state index in [1.165, 1.54) is 0 Å². The molecule has 0 aromatic rings. The maximum absolute atomic E-state index is 12.0. The lowest BCUT2D eigenvalue weighted by molar-refractivity contribution is -0.139. The van der Waals surface area contributed by atoms with Gasteiger partial charge in [0.05, 0.1) is 0 Å². The van der Waals surface area contributed by atoms with Crippen molar-refractivity contribution in [1.82, 2.24) is 4.90 Å². The van der Waals surface area contributed by atoms with Gasteiger partial charge >= 0.3 is 0 Å². The summed E-state index contributed by atoms with van der Waals surface area (Å²) in [4.78, 5) is 13.8. The highest BCUT2D eigenvalue weighted by Crippen LogP contribution is 2.19. The van der Waals surface area contributed by atoms with Crippen molar-refractivity contribution in [3.63, 3.8) is 0 Å². The minimum atomic E-state index is -0.377. The Hall–Kier alpha value is 0.0500. The normalized spacial score (nSPS) is 15.9. The fourth-order valence-electron chi connectivity index (χ4n) is 1.32. The van der Waals surface area contributed by atoms with E-state index in [0.717, 1.165) is 0 Å². The zero-order valence-corrected chi connectivity index (χ0v) is 11.7. The van der Waals surface area contributed by atoms with Gasteiger partial charge in [-0.15, -0.1) is 23.2 Å². The number of carbonyl (C=O) groups excluding carboxylic acids is 1. The van der Waals surface area contributed by atoms with E-state index in [0.29, 0.717) is 13.1 Å². The van der Waals surface area contributed by atoms with Crippen molar-refractivity contribution in [3.05, 3.63) is 0 Å². The molecule has 0 fully saturated rings. The minimum absolute atomic E-state index is 0.0493. The zero-order valence-electron chi connectivity index (χ0n) is 10.2. The van der Waals surface area contributed by atoms with Crippen LogP contribution in [0.3, 0.4) is 0 Å². The molecular weight excluding hydrogens is 233 g/mol. The van der Waals surface area contributed by atoms with Crippen molar-refractivity contribution in [2.75, 3.05) is 13.1 Å². The largest absolute Gasteiger partial charge is 0.339 e. The Labute approximate surface area is 103 Å².